The van der Waals surface area contributed by atoms with E-state index in [1.54, 1.807) is 6.20 Å². The summed E-state index contributed by atoms with van der Waals surface area (Å²) in [6.45, 7) is 8.34. The average Bonchev–Trinajstić information content (AvgIpc) is 3.37. The third-order valence-corrected chi connectivity index (χ3v) is 4.35. The van der Waals surface area contributed by atoms with E-state index in [-0.39, 0.29) is 24.0 Å². The Balaban J connectivity index is 0.00000280. The molecule has 0 radical (unpaired) electrons. The molecule has 2 unspecified atom stereocenters. The fourth-order valence-corrected chi connectivity index (χ4v) is 2.69. The van der Waals surface area contributed by atoms with E-state index >= 15 is 0 Å². The molecule has 6 nitrogen and oxygen atoms in total. The topological polar surface area (TPSA) is 67.8 Å². The number of pyridine rings is 1. The van der Waals surface area contributed by atoms with Gasteiger partial charge in [-0.15, -0.1) is 24.0 Å². The van der Waals surface area contributed by atoms with Gasteiger partial charge in [-0.25, -0.2) is 9.98 Å². The summed E-state index contributed by atoms with van der Waals surface area (Å²) in [5.41, 5.74) is 1.05. The van der Waals surface area contributed by atoms with Crippen molar-refractivity contribution in [1.82, 2.24) is 15.6 Å². The van der Waals surface area contributed by atoms with E-state index in [2.05, 4.69) is 34.5 Å². The zero-order valence-corrected chi connectivity index (χ0v) is 19.0. The van der Waals surface area contributed by atoms with Crippen molar-refractivity contribution in [3.63, 3.8) is 0 Å². The summed E-state index contributed by atoms with van der Waals surface area (Å²) in [5, 5.41) is 6.76. The number of aliphatic imine (C=N–C) groups is 1. The number of guanidine groups is 1. The first-order valence-electron chi connectivity index (χ1n) is 9.58. The maximum Gasteiger partial charge on any atom is 0.219 e. The predicted octanol–water partition coefficient (Wildman–Crippen LogP) is 4.35. The number of nitrogens with zero attached hydrogens (tertiary/aromatic N) is 2. The predicted molar refractivity (Wildman–Crippen MR) is 123 cm³/mol. The van der Waals surface area contributed by atoms with Gasteiger partial charge >= 0.3 is 0 Å². The lowest BCUT2D eigenvalue weighted by Crippen LogP contribution is -2.39. The molecule has 1 aromatic heterocycles. The van der Waals surface area contributed by atoms with E-state index in [1.165, 1.54) is 6.42 Å². The van der Waals surface area contributed by atoms with Gasteiger partial charge in [0.15, 0.2) is 5.96 Å². The van der Waals surface area contributed by atoms with Crippen LogP contribution in [0.5, 0.6) is 17.4 Å². The average molecular weight is 496 g/mol. The molecule has 7 heteroatoms. The standard InChI is InChI=1S/C21H28N4O2.HI/c1-4-22-21(25-19-12-15(19)3)24-14-16-10-11-23-20(13-16)27-18-8-6-17(7-9-18)26-5-2;/h6-11,13,15,19H,4-5,12,14H2,1-3H3,(H2,22,24,25);1H. The zero-order chi connectivity index (χ0) is 19.1. The van der Waals surface area contributed by atoms with Crippen molar-refractivity contribution in [1.29, 1.82) is 0 Å². The smallest absolute Gasteiger partial charge is 0.219 e. The number of halogens is 1. The van der Waals surface area contributed by atoms with Crippen LogP contribution in [-0.2, 0) is 6.54 Å². The van der Waals surface area contributed by atoms with Gasteiger partial charge in [-0.05, 0) is 62.1 Å². The van der Waals surface area contributed by atoms with Crippen molar-refractivity contribution in [2.75, 3.05) is 13.2 Å². The molecule has 152 valence electrons. The number of hydrogen-bond acceptors (Lipinski definition) is 4. The molecule has 1 fully saturated rings. The van der Waals surface area contributed by atoms with E-state index in [4.69, 9.17) is 9.47 Å². The van der Waals surface area contributed by atoms with Crippen LogP contribution in [0.15, 0.2) is 47.6 Å². The van der Waals surface area contributed by atoms with E-state index in [1.807, 2.05) is 43.3 Å². The third-order valence-electron chi connectivity index (χ3n) is 4.35. The van der Waals surface area contributed by atoms with Crippen molar-refractivity contribution < 1.29 is 9.47 Å². The second-order valence-corrected chi connectivity index (χ2v) is 6.67. The third kappa shape index (κ3) is 6.85. The highest BCUT2D eigenvalue weighted by Gasteiger charge is 2.33. The molecular weight excluding hydrogens is 467 g/mol. The van der Waals surface area contributed by atoms with Gasteiger partial charge in [-0.1, -0.05) is 6.92 Å². The summed E-state index contributed by atoms with van der Waals surface area (Å²) in [5.74, 6) is 3.70. The normalized spacial score (nSPS) is 18.0. The minimum atomic E-state index is 0. The molecule has 1 aromatic carbocycles. The fourth-order valence-electron chi connectivity index (χ4n) is 2.69. The molecule has 28 heavy (non-hydrogen) atoms. The number of ether oxygens (including phenoxy) is 2. The van der Waals surface area contributed by atoms with Crippen molar-refractivity contribution in [3.05, 3.63) is 48.2 Å². The molecule has 2 N–H and O–H groups in total. The molecular formula is C21H29IN4O2. The first-order chi connectivity index (χ1) is 13.2. The Labute approximate surface area is 184 Å². The highest BCUT2D eigenvalue weighted by atomic mass is 127. The molecule has 1 aliphatic rings. The van der Waals surface area contributed by atoms with Gasteiger partial charge in [0, 0.05) is 24.8 Å². The van der Waals surface area contributed by atoms with Crippen LogP contribution in [0.25, 0.3) is 0 Å². The van der Waals surface area contributed by atoms with Crippen molar-refractivity contribution >= 4 is 29.9 Å². The molecule has 2 atom stereocenters. The minimum absolute atomic E-state index is 0. The van der Waals surface area contributed by atoms with Crippen LogP contribution in [0.1, 0.15) is 32.8 Å². The molecule has 2 aromatic rings. The van der Waals surface area contributed by atoms with E-state index < -0.39 is 0 Å². The van der Waals surface area contributed by atoms with Crippen LogP contribution in [0.2, 0.25) is 0 Å². The molecule has 0 bridgehead atoms. The van der Waals surface area contributed by atoms with Crippen molar-refractivity contribution in [3.8, 4) is 17.4 Å². The monoisotopic (exact) mass is 496 g/mol. The van der Waals surface area contributed by atoms with Gasteiger partial charge in [0.25, 0.3) is 0 Å². The molecule has 1 heterocycles. The van der Waals surface area contributed by atoms with Crippen LogP contribution >= 0.6 is 24.0 Å². The Morgan fingerprint density at radius 2 is 1.89 bits per heavy atom. The van der Waals surface area contributed by atoms with E-state index in [0.717, 1.165) is 35.5 Å². The highest BCUT2D eigenvalue weighted by Crippen LogP contribution is 2.28. The molecule has 1 aliphatic carbocycles. The Bertz CT molecular complexity index is 767. The van der Waals surface area contributed by atoms with Crippen LogP contribution in [-0.4, -0.2) is 30.1 Å². The zero-order valence-electron chi connectivity index (χ0n) is 16.6. The lowest BCUT2D eigenvalue weighted by Gasteiger charge is -2.11. The number of rotatable bonds is 8. The molecule has 1 saturated carbocycles. The summed E-state index contributed by atoms with van der Waals surface area (Å²) in [4.78, 5) is 8.97. The van der Waals surface area contributed by atoms with Crippen LogP contribution in [0.4, 0.5) is 0 Å². The Hall–Kier alpha value is -2.03. The van der Waals surface area contributed by atoms with Gasteiger partial charge in [0.05, 0.1) is 13.2 Å². The van der Waals surface area contributed by atoms with Crippen LogP contribution in [0.3, 0.4) is 0 Å². The Kier molecular flexibility index (Phi) is 8.82. The van der Waals surface area contributed by atoms with Gasteiger partial charge in [0.1, 0.15) is 11.5 Å². The largest absolute Gasteiger partial charge is 0.494 e. The molecule has 0 saturated heterocycles. The first-order valence-corrected chi connectivity index (χ1v) is 9.58. The summed E-state index contributed by atoms with van der Waals surface area (Å²) in [7, 11) is 0. The Morgan fingerprint density at radius 1 is 1.18 bits per heavy atom. The quantitative estimate of drug-likeness (QED) is 0.323. The summed E-state index contributed by atoms with van der Waals surface area (Å²) in [6, 6.07) is 11.9. The maximum atomic E-state index is 5.85. The van der Waals surface area contributed by atoms with E-state index in [9.17, 15) is 0 Å². The van der Waals surface area contributed by atoms with E-state index in [0.29, 0.717) is 25.1 Å². The SMILES string of the molecule is CCNC(=NCc1ccnc(Oc2ccc(OCC)cc2)c1)NC1CC1C.I. The fraction of sp³-hybridized carbons (Fsp3) is 0.429. The molecule has 0 amide bonds. The number of aromatic nitrogens is 1. The molecule has 0 spiro atoms. The maximum absolute atomic E-state index is 5.85. The lowest BCUT2D eigenvalue weighted by atomic mass is 10.2. The van der Waals surface area contributed by atoms with Gasteiger partial charge in [-0.3, -0.25) is 0 Å². The van der Waals surface area contributed by atoms with Gasteiger partial charge in [-0.2, -0.15) is 0 Å². The van der Waals surface area contributed by atoms with Crippen LogP contribution < -0.4 is 20.1 Å². The minimum Gasteiger partial charge on any atom is -0.494 e. The summed E-state index contributed by atoms with van der Waals surface area (Å²) >= 11 is 0. The lowest BCUT2D eigenvalue weighted by molar-refractivity contribution is 0.339. The summed E-state index contributed by atoms with van der Waals surface area (Å²) < 4.78 is 11.3. The summed E-state index contributed by atoms with van der Waals surface area (Å²) in [6.07, 6.45) is 2.96. The molecule has 0 aliphatic heterocycles. The first kappa shape index (κ1) is 22.3. The van der Waals surface area contributed by atoms with Gasteiger partial charge in [0.2, 0.25) is 5.88 Å². The molecule has 3 rings (SSSR count). The van der Waals surface area contributed by atoms with Crippen molar-refractivity contribution in [2.24, 2.45) is 10.9 Å². The van der Waals surface area contributed by atoms with Gasteiger partial charge < -0.3 is 20.1 Å². The van der Waals surface area contributed by atoms with Crippen LogP contribution in [0, 0.1) is 5.92 Å². The second-order valence-electron chi connectivity index (χ2n) is 6.67. The number of hydrogen-bond donors (Lipinski definition) is 2. The highest BCUT2D eigenvalue weighted by molar-refractivity contribution is 14.0. The second kappa shape index (κ2) is 11.1. The number of nitrogens with one attached hydrogen (secondary N) is 2. The van der Waals surface area contributed by atoms with Crippen molar-refractivity contribution in [2.45, 2.75) is 39.8 Å². The Morgan fingerprint density at radius 3 is 2.54 bits per heavy atom. The number of benzene rings is 1.